The van der Waals surface area contributed by atoms with Gasteiger partial charge >= 0.3 is 0 Å². The SMILES string of the molecule is CC1=CC(=O)C(O)=CC1=CC=Cc1ccccc1. The number of allylic oxidation sites excluding steroid dienone is 6. The molecule has 2 heteroatoms. The molecule has 0 aromatic heterocycles. The van der Waals surface area contributed by atoms with E-state index in [-0.39, 0.29) is 11.5 Å². The highest BCUT2D eigenvalue weighted by molar-refractivity contribution is 6.05. The Morgan fingerprint density at radius 1 is 1.11 bits per heavy atom. The number of aliphatic hydroxyl groups excluding tert-OH is 1. The fourth-order valence-corrected chi connectivity index (χ4v) is 1.69. The van der Waals surface area contributed by atoms with E-state index in [1.807, 2.05) is 55.5 Å². The molecule has 0 radical (unpaired) electrons. The largest absolute Gasteiger partial charge is 0.504 e. The summed E-state index contributed by atoms with van der Waals surface area (Å²) in [4.78, 5) is 11.2. The number of rotatable bonds is 2. The van der Waals surface area contributed by atoms with Gasteiger partial charge in [0.05, 0.1) is 0 Å². The van der Waals surface area contributed by atoms with E-state index in [2.05, 4.69) is 0 Å². The molecule has 18 heavy (non-hydrogen) atoms. The predicted octanol–water partition coefficient (Wildman–Crippen LogP) is 3.60. The summed E-state index contributed by atoms with van der Waals surface area (Å²) in [5.74, 6) is -0.545. The number of hydrogen-bond acceptors (Lipinski definition) is 2. The number of hydrogen-bond donors (Lipinski definition) is 1. The highest BCUT2D eigenvalue weighted by atomic mass is 16.3. The predicted molar refractivity (Wildman–Crippen MR) is 73.0 cm³/mol. The lowest BCUT2D eigenvalue weighted by Gasteiger charge is -2.08. The maximum Gasteiger partial charge on any atom is 0.220 e. The van der Waals surface area contributed by atoms with Gasteiger partial charge in [-0.25, -0.2) is 0 Å². The first-order valence-corrected chi connectivity index (χ1v) is 5.74. The van der Waals surface area contributed by atoms with Crippen molar-refractivity contribution in [2.24, 2.45) is 0 Å². The fraction of sp³-hybridized carbons (Fsp3) is 0.0625. The molecule has 0 aliphatic heterocycles. The minimum absolute atomic E-state index is 0.208. The molecular weight excluding hydrogens is 224 g/mol. The summed E-state index contributed by atoms with van der Waals surface area (Å²) in [6.07, 6.45) is 8.69. The fourth-order valence-electron chi connectivity index (χ4n) is 1.69. The van der Waals surface area contributed by atoms with Crippen LogP contribution in [0.25, 0.3) is 6.08 Å². The third-order valence-corrected chi connectivity index (χ3v) is 2.71. The minimum Gasteiger partial charge on any atom is -0.504 e. The summed E-state index contributed by atoms with van der Waals surface area (Å²) >= 11 is 0. The van der Waals surface area contributed by atoms with E-state index in [1.165, 1.54) is 12.2 Å². The van der Waals surface area contributed by atoms with Crippen molar-refractivity contribution in [2.75, 3.05) is 0 Å². The molecule has 1 aromatic carbocycles. The van der Waals surface area contributed by atoms with Crippen molar-refractivity contribution in [3.05, 3.63) is 77.1 Å². The van der Waals surface area contributed by atoms with Crippen LogP contribution in [0, 0.1) is 0 Å². The van der Waals surface area contributed by atoms with Crippen molar-refractivity contribution in [1.82, 2.24) is 0 Å². The molecular formula is C16H14O2. The van der Waals surface area contributed by atoms with Crippen LogP contribution in [-0.2, 0) is 4.79 Å². The Bertz CT molecular complexity index is 572. The van der Waals surface area contributed by atoms with Crippen LogP contribution in [0.3, 0.4) is 0 Å². The highest BCUT2D eigenvalue weighted by Crippen LogP contribution is 2.19. The standard InChI is InChI=1S/C16H14O2/c1-12-10-15(17)16(18)11-14(12)9-5-8-13-6-3-2-4-7-13/h2-11,18H,1H3. The second-order valence-corrected chi connectivity index (χ2v) is 4.11. The van der Waals surface area contributed by atoms with Crippen LogP contribution in [0.1, 0.15) is 12.5 Å². The second kappa shape index (κ2) is 5.32. The van der Waals surface area contributed by atoms with Crippen LogP contribution in [0.4, 0.5) is 0 Å². The summed E-state index contributed by atoms with van der Waals surface area (Å²) < 4.78 is 0. The topological polar surface area (TPSA) is 37.3 Å². The van der Waals surface area contributed by atoms with Gasteiger partial charge in [-0.15, -0.1) is 0 Å². The third kappa shape index (κ3) is 2.86. The summed E-state index contributed by atoms with van der Waals surface area (Å²) in [7, 11) is 0. The molecule has 0 saturated carbocycles. The second-order valence-electron chi connectivity index (χ2n) is 4.11. The minimum atomic E-state index is -0.336. The molecule has 1 aromatic rings. The lowest BCUT2D eigenvalue weighted by Crippen LogP contribution is -2.05. The normalized spacial score (nSPS) is 18.1. The number of benzene rings is 1. The molecule has 2 nitrogen and oxygen atoms in total. The number of carbonyl (C=O) groups is 1. The van der Waals surface area contributed by atoms with Crippen molar-refractivity contribution in [1.29, 1.82) is 0 Å². The maximum absolute atomic E-state index is 11.2. The molecule has 0 bridgehead atoms. The first-order chi connectivity index (χ1) is 8.66. The van der Waals surface area contributed by atoms with Gasteiger partial charge in [0.15, 0.2) is 5.76 Å². The zero-order valence-electron chi connectivity index (χ0n) is 10.1. The van der Waals surface area contributed by atoms with Gasteiger partial charge in [-0.2, -0.15) is 0 Å². The zero-order valence-corrected chi connectivity index (χ0v) is 10.1. The Hall–Kier alpha value is -2.35. The molecule has 90 valence electrons. The van der Waals surface area contributed by atoms with Crippen molar-refractivity contribution in [3.63, 3.8) is 0 Å². The summed E-state index contributed by atoms with van der Waals surface area (Å²) in [5, 5.41) is 9.38. The van der Waals surface area contributed by atoms with Crippen molar-refractivity contribution < 1.29 is 9.90 Å². The quantitative estimate of drug-likeness (QED) is 0.854. The monoisotopic (exact) mass is 238 g/mol. The van der Waals surface area contributed by atoms with Gasteiger partial charge < -0.3 is 5.11 Å². The molecule has 0 saturated heterocycles. The van der Waals surface area contributed by atoms with Gasteiger partial charge in [-0.05, 0) is 35.8 Å². The van der Waals surface area contributed by atoms with E-state index in [0.717, 1.165) is 16.7 Å². The average Bonchev–Trinajstić information content (AvgIpc) is 2.37. The summed E-state index contributed by atoms with van der Waals surface area (Å²) in [6, 6.07) is 9.94. The van der Waals surface area contributed by atoms with Crippen LogP contribution >= 0.6 is 0 Å². The van der Waals surface area contributed by atoms with Gasteiger partial charge in [0.25, 0.3) is 0 Å². The van der Waals surface area contributed by atoms with Crippen LogP contribution in [0.2, 0.25) is 0 Å². The molecule has 0 amide bonds. The van der Waals surface area contributed by atoms with E-state index < -0.39 is 0 Å². The van der Waals surface area contributed by atoms with Crippen LogP contribution < -0.4 is 0 Å². The number of carbonyl (C=O) groups excluding carboxylic acids is 1. The molecule has 0 spiro atoms. The van der Waals surface area contributed by atoms with E-state index >= 15 is 0 Å². The Labute approximate surface area is 106 Å². The van der Waals surface area contributed by atoms with E-state index in [4.69, 9.17) is 0 Å². The third-order valence-electron chi connectivity index (χ3n) is 2.71. The van der Waals surface area contributed by atoms with Crippen LogP contribution in [-0.4, -0.2) is 10.9 Å². The lowest BCUT2D eigenvalue weighted by molar-refractivity contribution is -0.113. The van der Waals surface area contributed by atoms with Gasteiger partial charge in [-0.3, -0.25) is 4.79 Å². The molecule has 1 aliphatic rings. The van der Waals surface area contributed by atoms with Crippen LogP contribution in [0.5, 0.6) is 0 Å². The first-order valence-electron chi connectivity index (χ1n) is 5.74. The van der Waals surface area contributed by atoms with Gasteiger partial charge in [-0.1, -0.05) is 48.6 Å². The molecule has 0 heterocycles. The van der Waals surface area contributed by atoms with E-state index in [0.29, 0.717) is 0 Å². The van der Waals surface area contributed by atoms with Crippen molar-refractivity contribution >= 4 is 11.9 Å². The van der Waals surface area contributed by atoms with E-state index in [9.17, 15) is 9.90 Å². The van der Waals surface area contributed by atoms with E-state index in [1.54, 1.807) is 0 Å². The molecule has 0 fully saturated rings. The smallest absolute Gasteiger partial charge is 0.220 e. The van der Waals surface area contributed by atoms with Gasteiger partial charge in [0.1, 0.15) is 0 Å². The number of aliphatic hydroxyl groups is 1. The molecule has 2 rings (SSSR count). The Kier molecular flexibility index (Phi) is 3.58. The molecule has 0 unspecified atom stereocenters. The average molecular weight is 238 g/mol. The lowest BCUT2D eigenvalue weighted by atomic mass is 9.99. The van der Waals surface area contributed by atoms with Crippen molar-refractivity contribution in [3.8, 4) is 0 Å². The molecule has 1 N–H and O–H groups in total. The van der Waals surface area contributed by atoms with Gasteiger partial charge in [0.2, 0.25) is 5.78 Å². The first kappa shape index (κ1) is 12.1. The van der Waals surface area contributed by atoms with Gasteiger partial charge in [0, 0.05) is 0 Å². The molecule has 0 atom stereocenters. The maximum atomic E-state index is 11.2. The Balaban J connectivity index is 2.18. The Morgan fingerprint density at radius 3 is 2.56 bits per heavy atom. The molecule has 1 aliphatic carbocycles. The summed E-state index contributed by atoms with van der Waals surface area (Å²) in [5.41, 5.74) is 2.81. The summed E-state index contributed by atoms with van der Waals surface area (Å²) in [6.45, 7) is 1.85. The van der Waals surface area contributed by atoms with Crippen LogP contribution in [0.15, 0.2) is 71.5 Å². The Morgan fingerprint density at radius 2 is 1.83 bits per heavy atom. The highest BCUT2D eigenvalue weighted by Gasteiger charge is 2.12. The number of ketones is 1. The van der Waals surface area contributed by atoms with Crippen molar-refractivity contribution in [2.45, 2.75) is 6.92 Å². The zero-order chi connectivity index (χ0) is 13.0.